The van der Waals surface area contributed by atoms with Crippen molar-refractivity contribution in [1.82, 2.24) is 19.0 Å². The Balaban J connectivity index is 0.00000261. The minimum absolute atomic E-state index is 0. The van der Waals surface area contributed by atoms with Crippen LogP contribution in [0.1, 0.15) is 18.2 Å². The normalized spacial score (nSPS) is 16.3. The van der Waals surface area contributed by atoms with Crippen LogP contribution in [0.2, 0.25) is 10.0 Å². The van der Waals surface area contributed by atoms with E-state index in [4.69, 9.17) is 23.2 Å². The fraction of sp³-hybridized carbons (Fsp3) is 0.471. The maximum absolute atomic E-state index is 12.9. The van der Waals surface area contributed by atoms with Crippen LogP contribution in [0.4, 0.5) is 0 Å². The zero-order valence-corrected chi connectivity index (χ0v) is 18.4. The molecular weight excluding hydrogens is 431 g/mol. The minimum Gasteiger partial charge on any atom is -0.296 e. The maximum Gasteiger partial charge on any atom is 0.246 e. The van der Waals surface area contributed by atoms with E-state index < -0.39 is 10.0 Å². The SMILES string of the molecule is CCn1cc(S(=O)(=O)N2CCN(Cc3ccc(Cl)cc3Cl)CC2)c(C)n1.Cl. The lowest BCUT2D eigenvalue weighted by atomic mass is 10.2. The molecule has 3 rings (SSSR count). The highest BCUT2D eigenvalue weighted by molar-refractivity contribution is 7.89. The third-order valence-corrected chi connectivity index (χ3v) is 7.17. The Morgan fingerprint density at radius 2 is 1.81 bits per heavy atom. The molecule has 150 valence electrons. The van der Waals surface area contributed by atoms with Crippen LogP contribution in [-0.2, 0) is 23.1 Å². The Morgan fingerprint density at radius 1 is 1.15 bits per heavy atom. The van der Waals surface area contributed by atoms with Crippen LogP contribution >= 0.6 is 35.6 Å². The lowest BCUT2D eigenvalue weighted by Gasteiger charge is -2.34. The van der Waals surface area contributed by atoms with Gasteiger partial charge in [-0.2, -0.15) is 9.40 Å². The molecule has 2 aromatic rings. The molecule has 0 saturated carbocycles. The number of hydrogen-bond donors (Lipinski definition) is 0. The average molecular weight is 454 g/mol. The van der Waals surface area contributed by atoms with Crippen molar-refractivity contribution < 1.29 is 8.42 Å². The molecule has 0 amide bonds. The predicted octanol–water partition coefficient (Wildman–Crippen LogP) is 3.45. The third-order valence-electron chi connectivity index (χ3n) is 4.58. The van der Waals surface area contributed by atoms with E-state index in [0.29, 0.717) is 59.9 Å². The molecule has 1 fully saturated rings. The lowest BCUT2D eigenvalue weighted by molar-refractivity contribution is 0.181. The summed E-state index contributed by atoms with van der Waals surface area (Å²) in [6.07, 6.45) is 1.62. The largest absolute Gasteiger partial charge is 0.296 e. The summed E-state index contributed by atoms with van der Waals surface area (Å²) in [5.41, 5.74) is 1.54. The summed E-state index contributed by atoms with van der Waals surface area (Å²) in [7, 11) is -3.51. The van der Waals surface area contributed by atoms with Gasteiger partial charge in [0.25, 0.3) is 0 Å². The van der Waals surface area contributed by atoms with Crippen LogP contribution in [0.5, 0.6) is 0 Å². The van der Waals surface area contributed by atoms with Crippen molar-refractivity contribution >= 4 is 45.6 Å². The summed E-state index contributed by atoms with van der Waals surface area (Å²) < 4.78 is 29.0. The average Bonchev–Trinajstić information content (AvgIpc) is 3.00. The van der Waals surface area contributed by atoms with Crippen molar-refractivity contribution in [2.24, 2.45) is 0 Å². The van der Waals surface area contributed by atoms with E-state index in [-0.39, 0.29) is 12.4 Å². The first-order valence-electron chi connectivity index (χ1n) is 8.51. The Bertz CT molecular complexity index is 894. The second kappa shape index (κ2) is 9.11. The smallest absolute Gasteiger partial charge is 0.246 e. The lowest BCUT2D eigenvalue weighted by Crippen LogP contribution is -2.48. The van der Waals surface area contributed by atoms with Crippen molar-refractivity contribution in [2.45, 2.75) is 31.8 Å². The first-order chi connectivity index (χ1) is 12.3. The van der Waals surface area contributed by atoms with Crippen molar-refractivity contribution in [3.05, 3.63) is 45.7 Å². The second-order valence-corrected chi connectivity index (χ2v) is 9.10. The molecule has 1 saturated heterocycles. The van der Waals surface area contributed by atoms with Crippen LogP contribution in [0, 0.1) is 6.92 Å². The van der Waals surface area contributed by atoms with E-state index in [0.717, 1.165) is 5.56 Å². The number of aromatic nitrogens is 2. The number of aryl methyl sites for hydroxylation is 2. The van der Waals surface area contributed by atoms with Crippen molar-refractivity contribution in [1.29, 1.82) is 0 Å². The van der Waals surface area contributed by atoms with Gasteiger partial charge in [-0.1, -0.05) is 29.3 Å². The minimum atomic E-state index is -3.51. The van der Waals surface area contributed by atoms with E-state index in [2.05, 4.69) is 10.00 Å². The van der Waals surface area contributed by atoms with Gasteiger partial charge in [0.05, 0.1) is 5.69 Å². The number of piperazine rings is 1. The van der Waals surface area contributed by atoms with Crippen LogP contribution in [0.3, 0.4) is 0 Å². The summed E-state index contributed by atoms with van der Waals surface area (Å²) in [6.45, 7) is 7.19. The molecule has 1 aromatic carbocycles. The zero-order valence-electron chi connectivity index (χ0n) is 15.2. The van der Waals surface area contributed by atoms with E-state index in [1.807, 2.05) is 19.1 Å². The highest BCUT2D eigenvalue weighted by Gasteiger charge is 2.31. The van der Waals surface area contributed by atoms with Gasteiger partial charge in [0.1, 0.15) is 4.90 Å². The number of nitrogens with zero attached hydrogens (tertiary/aromatic N) is 4. The highest BCUT2D eigenvalue weighted by atomic mass is 35.5. The molecular formula is C17H23Cl3N4O2S. The Morgan fingerprint density at radius 3 is 2.37 bits per heavy atom. The number of hydrogen-bond acceptors (Lipinski definition) is 4. The predicted molar refractivity (Wildman–Crippen MR) is 110 cm³/mol. The first kappa shape index (κ1) is 22.5. The van der Waals surface area contributed by atoms with Gasteiger partial charge in [0, 0.05) is 55.5 Å². The third kappa shape index (κ3) is 4.96. The van der Waals surface area contributed by atoms with Gasteiger partial charge in [0.15, 0.2) is 0 Å². The van der Waals surface area contributed by atoms with Crippen LogP contribution in [-0.4, -0.2) is 53.6 Å². The first-order valence-corrected chi connectivity index (χ1v) is 10.7. The van der Waals surface area contributed by atoms with Crippen molar-refractivity contribution in [3.8, 4) is 0 Å². The fourth-order valence-corrected chi connectivity index (χ4v) is 5.13. The van der Waals surface area contributed by atoms with E-state index in [1.54, 1.807) is 23.9 Å². The molecule has 1 aliphatic heterocycles. The van der Waals surface area contributed by atoms with Crippen molar-refractivity contribution in [2.75, 3.05) is 26.2 Å². The summed E-state index contributed by atoms with van der Waals surface area (Å²) >= 11 is 12.2. The number of benzene rings is 1. The molecule has 2 heterocycles. The Labute approximate surface area is 176 Å². The maximum atomic E-state index is 12.9. The quantitative estimate of drug-likeness (QED) is 0.696. The second-order valence-electron chi connectivity index (χ2n) is 6.35. The Hall–Kier alpha value is -0.830. The van der Waals surface area contributed by atoms with Gasteiger partial charge < -0.3 is 0 Å². The molecule has 0 unspecified atom stereocenters. The van der Waals surface area contributed by atoms with Crippen LogP contribution in [0.15, 0.2) is 29.3 Å². The molecule has 6 nitrogen and oxygen atoms in total. The van der Waals surface area contributed by atoms with Gasteiger partial charge in [-0.25, -0.2) is 8.42 Å². The van der Waals surface area contributed by atoms with E-state index >= 15 is 0 Å². The van der Waals surface area contributed by atoms with Crippen LogP contribution < -0.4 is 0 Å². The molecule has 0 radical (unpaired) electrons. The summed E-state index contributed by atoms with van der Waals surface area (Å²) in [5, 5.41) is 5.50. The highest BCUT2D eigenvalue weighted by Crippen LogP contribution is 2.24. The molecule has 0 N–H and O–H groups in total. The monoisotopic (exact) mass is 452 g/mol. The van der Waals surface area contributed by atoms with Gasteiger partial charge in [-0.05, 0) is 31.5 Å². The molecule has 0 atom stereocenters. The van der Waals surface area contributed by atoms with Crippen LogP contribution in [0.25, 0.3) is 0 Å². The molecule has 1 aromatic heterocycles. The van der Waals surface area contributed by atoms with E-state index in [1.165, 1.54) is 4.31 Å². The molecule has 0 bridgehead atoms. The van der Waals surface area contributed by atoms with Crippen molar-refractivity contribution in [3.63, 3.8) is 0 Å². The number of halogens is 3. The fourth-order valence-electron chi connectivity index (χ4n) is 3.07. The molecule has 1 aliphatic rings. The molecule has 0 spiro atoms. The summed E-state index contributed by atoms with van der Waals surface area (Å²) in [6, 6.07) is 5.46. The standard InChI is InChI=1S/C17H22Cl2N4O2S.ClH/c1-3-22-12-17(13(2)20-22)26(24,25)23-8-6-21(7-9-23)11-14-4-5-15(18)10-16(14)19;/h4-5,10,12H,3,6-9,11H2,1-2H3;1H. The zero-order chi connectivity index (χ0) is 18.9. The molecule has 27 heavy (non-hydrogen) atoms. The molecule has 10 heteroatoms. The topological polar surface area (TPSA) is 58.4 Å². The Kier molecular flexibility index (Phi) is 7.58. The molecule has 0 aliphatic carbocycles. The summed E-state index contributed by atoms with van der Waals surface area (Å²) in [4.78, 5) is 2.50. The van der Waals surface area contributed by atoms with Gasteiger partial charge in [0.2, 0.25) is 10.0 Å². The van der Waals surface area contributed by atoms with Gasteiger partial charge in [-0.15, -0.1) is 12.4 Å². The summed E-state index contributed by atoms with van der Waals surface area (Å²) in [5.74, 6) is 0. The van der Waals surface area contributed by atoms with Gasteiger partial charge >= 0.3 is 0 Å². The number of rotatable bonds is 5. The van der Waals surface area contributed by atoms with Gasteiger partial charge in [-0.3, -0.25) is 9.58 Å². The number of sulfonamides is 1. The van der Waals surface area contributed by atoms with E-state index in [9.17, 15) is 8.42 Å².